The minimum Gasteiger partial charge on any atom is -0.362 e. The monoisotopic (exact) mass is 347 g/mol. The predicted octanol–water partition coefficient (Wildman–Crippen LogP) is 4.46. The van der Waals surface area contributed by atoms with E-state index in [0.29, 0.717) is 11.0 Å². The largest absolute Gasteiger partial charge is 0.362 e. The molecule has 1 aliphatic rings. The van der Waals surface area contributed by atoms with E-state index in [4.69, 9.17) is 12.2 Å². The lowest BCUT2D eigenvalue weighted by Gasteiger charge is -2.35. The van der Waals surface area contributed by atoms with Crippen molar-refractivity contribution >= 4 is 23.0 Å². The van der Waals surface area contributed by atoms with Crippen molar-refractivity contribution < 1.29 is 0 Å². The Morgan fingerprint density at radius 2 is 1.79 bits per heavy atom. The molecular formula is C20H33N3S. The van der Waals surface area contributed by atoms with Gasteiger partial charge in [-0.1, -0.05) is 39.8 Å². The van der Waals surface area contributed by atoms with E-state index >= 15 is 0 Å². The molecule has 4 heteroatoms. The summed E-state index contributed by atoms with van der Waals surface area (Å²) in [7, 11) is 0. The summed E-state index contributed by atoms with van der Waals surface area (Å²) in [5.41, 5.74) is 2.40. The van der Waals surface area contributed by atoms with Crippen LogP contribution in [0.1, 0.15) is 52.0 Å². The van der Waals surface area contributed by atoms with Crippen LogP contribution >= 0.6 is 12.2 Å². The number of hydrogen-bond acceptors (Lipinski definition) is 2. The Labute approximate surface area is 153 Å². The minimum absolute atomic E-state index is 0.560. The highest BCUT2D eigenvalue weighted by Crippen LogP contribution is 2.20. The van der Waals surface area contributed by atoms with Crippen LogP contribution in [-0.4, -0.2) is 36.2 Å². The Balaban J connectivity index is 1.64. The maximum absolute atomic E-state index is 5.39. The first kappa shape index (κ1) is 19.2. The van der Waals surface area contributed by atoms with Gasteiger partial charge in [-0.3, -0.25) is 0 Å². The SMILES string of the molecule is CC1CC(C)CN(CCCNC(=S)Nc2ccc(C(C)C)cc2)C1. The van der Waals surface area contributed by atoms with Crippen molar-refractivity contribution in [2.45, 2.75) is 46.5 Å². The molecule has 1 saturated heterocycles. The maximum atomic E-state index is 5.39. The molecule has 0 aliphatic carbocycles. The third-order valence-corrected chi connectivity index (χ3v) is 4.96. The average Bonchev–Trinajstić information content (AvgIpc) is 2.51. The number of hydrogen-bond donors (Lipinski definition) is 2. The van der Waals surface area contributed by atoms with Crippen molar-refractivity contribution in [1.29, 1.82) is 0 Å². The Kier molecular flexibility index (Phi) is 7.50. The summed E-state index contributed by atoms with van der Waals surface area (Å²) in [5.74, 6) is 2.22. The molecule has 0 saturated carbocycles. The van der Waals surface area contributed by atoms with Gasteiger partial charge in [-0.05, 0) is 67.1 Å². The molecule has 1 aromatic rings. The van der Waals surface area contributed by atoms with Crippen LogP contribution < -0.4 is 10.6 Å². The lowest BCUT2D eigenvalue weighted by atomic mass is 9.92. The zero-order chi connectivity index (χ0) is 17.5. The van der Waals surface area contributed by atoms with Gasteiger partial charge in [-0.15, -0.1) is 0 Å². The number of likely N-dealkylation sites (tertiary alicyclic amines) is 1. The summed E-state index contributed by atoms with van der Waals surface area (Å²) >= 11 is 5.39. The second kappa shape index (κ2) is 9.38. The molecule has 1 fully saturated rings. The molecule has 0 aromatic heterocycles. The van der Waals surface area contributed by atoms with Gasteiger partial charge in [0.2, 0.25) is 0 Å². The van der Waals surface area contributed by atoms with Gasteiger partial charge in [0.05, 0.1) is 0 Å². The van der Waals surface area contributed by atoms with Gasteiger partial charge in [-0.25, -0.2) is 0 Å². The van der Waals surface area contributed by atoms with Crippen molar-refractivity contribution in [1.82, 2.24) is 10.2 Å². The number of nitrogens with zero attached hydrogens (tertiary/aromatic N) is 1. The molecule has 2 N–H and O–H groups in total. The van der Waals surface area contributed by atoms with Crippen LogP contribution in [0, 0.1) is 11.8 Å². The molecule has 0 spiro atoms. The first-order chi connectivity index (χ1) is 11.4. The average molecular weight is 348 g/mol. The van der Waals surface area contributed by atoms with E-state index in [0.717, 1.165) is 37.0 Å². The van der Waals surface area contributed by atoms with E-state index in [1.165, 1.54) is 25.1 Å². The normalized spacial score (nSPS) is 21.7. The molecule has 134 valence electrons. The zero-order valence-corrected chi connectivity index (χ0v) is 16.5. The highest BCUT2D eigenvalue weighted by molar-refractivity contribution is 7.80. The van der Waals surface area contributed by atoms with E-state index in [1.807, 2.05) is 0 Å². The zero-order valence-electron chi connectivity index (χ0n) is 15.6. The first-order valence-corrected chi connectivity index (χ1v) is 9.72. The fourth-order valence-electron chi connectivity index (χ4n) is 3.61. The van der Waals surface area contributed by atoms with Gasteiger partial charge in [0.25, 0.3) is 0 Å². The second-order valence-electron chi connectivity index (χ2n) is 7.72. The number of piperidine rings is 1. The lowest BCUT2D eigenvalue weighted by molar-refractivity contribution is 0.140. The molecule has 1 heterocycles. The topological polar surface area (TPSA) is 27.3 Å². The van der Waals surface area contributed by atoms with E-state index in [2.05, 4.69) is 67.5 Å². The van der Waals surface area contributed by atoms with Gasteiger partial charge in [-0.2, -0.15) is 0 Å². The number of anilines is 1. The molecule has 0 bridgehead atoms. The van der Waals surface area contributed by atoms with Gasteiger partial charge in [0, 0.05) is 25.3 Å². The summed E-state index contributed by atoms with van der Waals surface area (Å²) in [6.07, 6.45) is 2.51. The summed E-state index contributed by atoms with van der Waals surface area (Å²) < 4.78 is 0. The van der Waals surface area contributed by atoms with Gasteiger partial charge in [0.1, 0.15) is 0 Å². The molecule has 1 aliphatic heterocycles. The smallest absolute Gasteiger partial charge is 0.170 e. The Morgan fingerprint density at radius 3 is 2.38 bits per heavy atom. The molecule has 0 radical (unpaired) electrons. The van der Waals surface area contributed by atoms with Crippen molar-refractivity contribution in [2.24, 2.45) is 11.8 Å². The summed E-state index contributed by atoms with van der Waals surface area (Å²) in [6, 6.07) is 8.52. The van der Waals surface area contributed by atoms with Gasteiger partial charge < -0.3 is 15.5 Å². The van der Waals surface area contributed by atoms with Crippen LogP contribution in [0.3, 0.4) is 0 Å². The summed E-state index contributed by atoms with van der Waals surface area (Å²) in [6.45, 7) is 13.7. The molecular weight excluding hydrogens is 314 g/mol. The molecule has 2 atom stereocenters. The molecule has 3 nitrogen and oxygen atoms in total. The highest BCUT2D eigenvalue weighted by Gasteiger charge is 2.20. The highest BCUT2D eigenvalue weighted by atomic mass is 32.1. The standard InChI is InChI=1S/C20H33N3S/c1-15(2)18-6-8-19(9-7-18)22-20(24)21-10-5-11-23-13-16(3)12-17(4)14-23/h6-9,15-17H,5,10-14H2,1-4H3,(H2,21,22,24). The molecule has 24 heavy (non-hydrogen) atoms. The Bertz CT molecular complexity index is 502. The number of benzene rings is 1. The number of rotatable bonds is 6. The minimum atomic E-state index is 0.560. The molecule has 2 unspecified atom stereocenters. The van der Waals surface area contributed by atoms with Crippen molar-refractivity contribution in [3.8, 4) is 0 Å². The molecule has 2 rings (SSSR count). The predicted molar refractivity (Wildman–Crippen MR) is 109 cm³/mol. The first-order valence-electron chi connectivity index (χ1n) is 9.31. The third-order valence-electron chi connectivity index (χ3n) is 4.72. The van der Waals surface area contributed by atoms with Crippen LogP contribution in [-0.2, 0) is 0 Å². The van der Waals surface area contributed by atoms with E-state index in [1.54, 1.807) is 0 Å². The Morgan fingerprint density at radius 1 is 1.17 bits per heavy atom. The van der Waals surface area contributed by atoms with Gasteiger partial charge in [0.15, 0.2) is 5.11 Å². The number of nitrogens with one attached hydrogen (secondary N) is 2. The quantitative estimate of drug-likeness (QED) is 0.587. The summed E-state index contributed by atoms with van der Waals surface area (Å²) in [5, 5.41) is 7.31. The molecule has 0 amide bonds. The van der Waals surface area contributed by atoms with Crippen molar-refractivity contribution in [2.75, 3.05) is 31.5 Å². The Hall–Kier alpha value is -1.13. The third kappa shape index (κ3) is 6.40. The van der Waals surface area contributed by atoms with E-state index in [-0.39, 0.29) is 0 Å². The van der Waals surface area contributed by atoms with Crippen LogP contribution in [0.5, 0.6) is 0 Å². The van der Waals surface area contributed by atoms with Crippen molar-refractivity contribution in [3.05, 3.63) is 29.8 Å². The van der Waals surface area contributed by atoms with E-state index in [9.17, 15) is 0 Å². The van der Waals surface area contributed by atoms with E-state index < -0.39 is 0 Å². The van der Waals surface area contributed by atoms with Crippen molar-refractivity contribution in [3.63, 3.8) is 0 Å². The van der Waals surface area contributed by atoms with Gasteiger partial charge >= 0.3 is 0 Å². The van der Waals surface area contributed by atoms with Crippen LogP contribution in [0.2, 0.25) is 0 Å². The fourth-order valence-corrected chi connectivity index (χ4v) is 3.83. The lowest BCUT2D eigenvalue weighted by Crippen LogP contribution is -2.40. The molecule has 1 aromatic carbocycles. The summed E-state index contributed by atoms with van der Waals surface area (Å²) in [4.78, 5) is 2.60. The van der Waals surface area contributed by atoms with Crippen LogP contribution in [0.4, 0.5) is 5.69 Å². The maximum Gasteiger partial charge on any atom is 0.170 e. The second-order valence-corrected chi connectivity index (χ2v) is 8.13. The fraction of sp³-hybridized carbons (Fsp3) is 0.650. The van der Waals surface area contributed by atoms with Crippen LogP contribution in [0.25, 0.3) is 0 Å². The van der Waals surface area contributed by atoms with Crippen LogP contribution in [0.15, 0.2) is 24.3 Å². The number of thiocarbonyl (C=S) groups is 1.